The molecule has 2 nitrogen and oxygen atoms in total. The number of benzene rings is 1. The Bertz CT molecular complexity index is 554. The maximum absolute atomic E-state index is 12.4. The number of hydrogen-bond acceptors (Lipinski definition) is 2. The van der Waals surface area contributed by atoms with Crippen molar-refractivity contribution in [2.45, 2.75) is 26.7 Å². The van der Waals surface area contributed by atoms with Gasteiger partial charge in [0.25, 0.3) is 0 Å². The fourth-order valence-corrected chi connectivity index (χ4v) is 2.88. The molecule has 100 valence electrons. The molecule has 1 aliphatic carbocycles. The highest BCUT2D eigenvalue weighted by atomic mass is 16.1. The van der Waals surface area contributed by atoms with E-state index in [1.165, 1.54) is 11.1 Å². The average molecular weight is 255 g/mol. The number of carbonyl (C=O) groups is 1. The molecule has 0 heterocycles. The van der Waals surface area contributed by atoms with E-state index in [-0.39, 0.29) is 18.2 Å². The number of allylic oxidation sites excluding steroid dienone is 4. The molecule has 2 atom stereocenters. The van der Waals surface area contributed by atoms with Gasteiger partial charge in [0, 0.05) is 0 Å². The topological polar surface area (TPSA) is 43.1 Å². The highest BCUT2D eigenvalue weighted by molar-refractivity contribution is 5.91. The van der Waals surface area contributed by atoms with E-state index in [9.17, 15) is 4.79 Å². The summed E-state index contributed by atoms with van der Waals surface area (Å²) in [6.45, 7) is 6.35. The second-order valence-corrected chi connectivity index (χ2v) is 5.25. The number of hydrogen-bond donors (Lipinski definition) is 1. The largest absolute Gasteiger partial charge is 0.324 e. The van der Waals surface area contributed by atoms with Crippen molar-refractivity contribution in [3.05, 3.63) is 58.7 Å². The predicted molar refractivity (Wildman–Crippen MR) is 79.0 cm³/mol. The van der Waals surface area contributed by atoms with Crippen LogP contribution < -0.4 is 5.73 Å². The van der Waals surface area contributed by atoms with Crippen molar-refractivity contribution in [1.82, 2.24) is 0 Å². The van der Waals surface area contributed by atoms with Gasteiger partial charge in [-0.25, -0.2) is 0 Å². The summed E-state index contributed by atoms with van der Waals surface area (Å²) < 4.78 is 0. The van der Waals surface area contributed by atoms with Gasteiger partial charge in [-0.05, 0) is 36.5 Å². The third-order valence-electron chi connectivity index (χ3n) is 3.91. The number of carbonyl (C=O) groups excluding carboxylic acids is 1. The lowest BCUT2D eigenvalue weighted by molar-refractivity contribution is -0.118. The Morgan fingerprint density at radius 3 is 2.53 bits per heavy atom. The molecule has 2 unspecified atom stereocenters. The zero-order chi connectivity index (χ0) is 14.0. The first kappa shape index (κ1) is 13.8. The van der Waals surface area contributed by atoms with Gasteiger partial charge in [-0.3, -0.25) is 4.79 Å². The summed E-state index contributed by atoms with van der Waals surface area (Å²) >= 11 is 0. The molecule has 0 saturated carbocycles. The Balaban J connectivity index is 2.53. The van der Waals surface area contributed by atoms with Gasteiger partial charge in [0.15, 0.2) is 5.78 Å². The highest BCUT2D eigenvalue weighted by Gasteiger charge is 2.30. The molecule has 2 rings (SSSR count). The Hall–Kier alpha value is -1.67. The van der Waals surface area contributed by atoms with Crippen molar-refractivity contribution in [1.29, 1.82) is 0 Å². The van der Waals surface area contributed by atoms with Crippen LogP contribution in [0.4, 0.5) is 0 Å². The zero-order valence-electron chi connectivity index (χ0n) is 11.8. The Morgan fingerprint density at radius 2 is 2.00 bits per heavy atom. The van der Waals surface area contributed by atoms with Crippen LogP contribution in [-0.2, 0) is 4.79 Å². The molecule has 0 spiro atoms. The van der Waals surface area contributed by atoms with Crippen LogP contribution in [0, 0.1) is 12.8 Å². The van der Waals surface area contributed by atoms with Gasteiger partial charge >= 0.3 is 0 Å². The third-order valence-corrected chi connectivity index (χ3v) is 3.91. The van der Waals surface area contributed by atoms with E-state index in [2.05, 4.69) is 39.0 Å². The van der Waals surface area contributed by atoms with Crippen LogP contribution in [0.15, 0.2) is 47.6 Å². The number of rotatable bonds is 4. The lowest BCUT2D eigenvalue weighted by Crippen LogP contribution is -2.25. The van der Waals surface area contributed by atoms with E-state index in [0.29, 0.717) is 5.92 Å². The van der Waals surface area contributed by atoms with Gasteiger partial charge in [0.05, 0.1) is 12.5 Å². The van der Waals surface area contributed by atoms with Crippen molar-refractivity contribution in [2.75, 3.05) is 6.54 Å². The highest BCUT2D eigenvalue weighted by Crippen LogP contribution is 2.38. The quantitative estimate of drug-likeness (QED) is 0.898. The van der Waals surface area contributed by atoms with Gasteiger partial charge in [-0.2, -0.15) is 0 Å². The second kappa shape index (κ2) is 5.54. The maximum Gasteiger partial charge on any atom is 0.157 e. The summed E-state index contributed by atoms with van der Waals surface area (Å²) in [7, 11) is 0. The minimum Gasteiger partial charge on any atom is -0.324 e. The van der Waals surface area contributed by atoms with E-state index >= 15 is 0 Å². The molecule has 0 saturated heterocycles. The average Bonchev–Trinajstić information content (AvgIpc) is 2.73. The molecule has 0 radical (unpaired) electrons. The smallest absolute Gasteiger partial charge is 0.157 e. The van der Waals surface area contributed by atoms with Crippen LogP contribution in [-0.4, -0.2) is 12.3 Å². The molecule has 1 aliphatic rings. The van der Waals surface area contributed by atoms with Crippen LogP contribution in [0.5, 0.6) is 0 Å². The molecule has 0 aromatic heterocycles. The lowest BCUT2D eigenvalue weighted by atomic mass is 9.80. The molecular formula is C17H21NO. The van der Waals surface area contributed by atoms with E-state index in [4.69, 9.17) is 5.73 Å². The summed E-state index contributed by atoms with van der Waals surface area (Å²) in [4.78, 5) is 12.4. The molecule has 0 aliphatic heterocycles. The molecule has 1 aromatic rings. The van der Waals surface area contributed by atoms with E-state index in [1.807, 2.05) is 18.2 Å². The molecule has 0 amide bonds. The SMILES string of the molecule is CC1=C(C(C(=O)CN)c2ccccc2C)C(C)C=C1. The monoisotopic (exact) mass is 255 g/mol. The molecular weight excluding hydrogens is 234 g/mol. The van der Waals surface area contributed by atoms with Gasteiger partial charge in [-0.15, -0.1) is 0 Å². The number of Topliss-reactive ketones (excluding diaryl/α,β-unsaturated/α-hetero) is 1. The number of nitrogens with two attached hydrogens (primary N) is 1. The van der Waals surface area contributed by atoms with Crippen LogP contribution in [0.1, 0.15) is 30.9 Å². The van der Waals surface area contributed by atoms with Crippen LogP contribution in [0.2, 0.25) is 0 Å². The second-order valence-electron chi connectivity index (χ2n) is 5.25. The van der Waals surface area contributed by atoms with Gasteiger partial charge in [0.1, 0.15) is 0 Å². The summed E-state index contributed by atoms with van der Waals surface area (Å²) in [5, 5.41) is 0. The maximum atomic E-state index is 12.4. The van der Waals surface area contributed by atoms with E-state index in [0.717, 1.165) is 11.1 Å². The zero-order valence-corrected chi connectivity index (χ0v) is 11.8. The molecule has 1 aromatic carbocycles. The lowest BCUT2D eigenvalue weighted by Gasteiger charge is -2.23. The van der Waals surface area contributed by atoms with E-state index in [1.54, 1.807) is 0 Å². The molecule has 2 heteroatoms. The van der Waals surface area contributed by atoms with Crippen molar-refractivity contribution < 1.29 is 4.79 Å². The Labute approximate surface area is 115 Å². The molecule has 19 heavy (non-hydrogen) atoms. The Morgan fingerprint density at radius 1 is 1.32 bits per heavy atom. The fraction of sp³-hybridized carbons (Fsp3) is 0.353. The first-order valence-electron chi connectivity index (χ1n) is 6.73. The van der Waals surface area contributed by atoms with Crippen LogP contribution in [0.3, 0.4) is 0 Å². The standard InChI is InChI=1S/C17H21NO/c1-11-6-4-5-7-14(11)17(15(19)10-18)16-12(2)8-9-13(16)3/h4-9,12,17H,10,18H2,1-3H3. The minimum absolute atomic E-state index is 0.0858. The first-order chi connectivity index (χ1) is 9.06. The first-order valence-corrected chi connectivity index (χ1v) is 6.73. The predicted octanol–water partition coefficient (Wildman–Crippen LogP) is 3.13. The summed E-state index contributed by atoms with van der Waals surface area (Å²) in [6, 6.07) is 8.08. The van der Waals surface area contributed by atoms with Gasteiger partial charge in [-0.1, -0.05) is 48.9 Å². The summed E-state index contributed by atoms with van der Waals surface area (Å²) in [6.07, 6.45) is 4.26. The van der Waals surface area contributed by atoms with Gasteiger partial charge in [0.2, 0.25) is 0 Å². The van der Waals surface area contributed by atoms with Crippen molar-refractivity contribution in [3.63, 3.8) is 0 Å². The summed E-state index contributed by atoms with van der Waals surface area (Å²) in [5.41, 5.74) is 10.3. The van der Waals surface area contributed by atoms with Gasteiger partial charge < -0.3 is 5.73 Å². The number of ketones is 1. The van der Waals surface area contributed by atoms with Crippen molar-refractivity contribution in [3.8, 4) is 0 Å². The van der Waals surface area contributed by atoms with Crippen molar-refractivity contribution >= 4 is 5.78 Å². The van der Waals surface area contributed by atoms with E-state index < -0.39 is 0 Å². The molecule has 2 N–H and O–H groups in total. The molecule has 0 bridgehead atoms. The third kappa shape index (κ3) is 2.54. The van der Waals surface area contributed by atoms with Crippen LogP contribution in [0.25, 0.3) is 0 Å². The minimum atomic E-state index is -0.198. The normalized spacial score (nSPS) is 19.9. The van der Waals surface area contributed by atoms with Crippen molar-refractivity contribution in [2.24, 2.45) is 11.7 Å². The Kier molecular flexibility index (Phi) is 4.01. The van der Waals surface area contributed by atoms with Crippen LogP contribution >= 0.6 is 0 Å². The summed E-state index contributed by atoms with van der Waals surface area (Å²) in [5.74, 6) is 0.204. The number of aryl methyl sites for hydroxylation is 1. The molecule has 0 fully saturated rings. The fourth-order valence-electron chi connectivity index (χ4n) is 2.88.